The maximum absolute atomic E-state index is 10.9. The SMILES string of the molecule is Oc1ccc2c(c1)CC[C@H](c1ccccc1)[C@@H]2c1ccc(N2CCN(CC3(O)CCNCC3)CC2)cc1. The van der Waals surface area contributed by atoms with Gasteiger partial charge in [0.15, 0.2) is 0 Å². The lowest BCUT2D eigenvalue weighted by atomic mass is 9.69. The van der Waals surface area contributed by atoms with Gasteiger partial charge in [0.1, 0.15) is 5.75 Å². The molecule has 3 aliphatic rings. The molecule has 2 heterocycles. The van der Waals surface area contributed by atoms with Crippen molar-refractivity contribution in [2.24, 2.45) is 0 Å². The van der Waals surface area contributed by atoms with E-state index in [1.807, 2.05) is 12.1 Å². The van der Waals surface area contributed by atoms with Gasteiger partial charge in [0.25, 0.3) is 0 Å². The highest BCUT2D eigenvalue weighted by atomic mass is 16.3. The number of phenols is 1. The number of nitrogens with zero attached hydrogens (tertiary/aromatic N) is 2. The molecule has 0 spiro atoms. The van der Waals surface area contributed by atoms with Crippen molar-refractivity contribution in [3.8, 4) is 5.75 Å². The first-order valence-corrected chi connectivity index (χ1v) is 14.0. The number of benzene rings is 3. The largest absolute Gasteiger partial charge is 0.508 e. The van der Waals surface area contributed by atoms with Crippen LogP contribution in [0.3, 0.4) is 0 Å². The average molecular weight is 498 g/mol. The van der Waals surface area contributed by atoms with E-state index in [0.717, 1.165) is 71.5 Å². The number of nitrogens with one attached hydrogen (secondary N) is 1. The monoisotopic (exact) mass is 497 g/mol. The first kappa shape index (κ1) is 24.5. The fraction of sp³-hybridized carbons (Fsp3) is 0.438. The number of hydrogen-bond donors (Lipinski definition) is 3. The maximum Gasteiger partial charge on any atom is 0.115 e. The second-order valence-corrected chi connectivity index (χ2v) is 11.2. The standard InChI is InChI=1S/C32H39N3O2/c36-28-11-13-30-26(22-28)8-12-29(24-4-2-1-3-5-24)31(30)25-6-9-27(10-7-25)35-20-18-34(19-21-35)23-32(37)14-16-33-17-15-32/h1-7,9-11,13,22,29,31,33,36-37H,8,12,14-21,23H2/t29-,31+/m1/s1. The molecule has 2 fully saturated rings. The molecule has 0 aromatic heterocycles. The molecule has 1 aliphatic carbocycles. The van der Waals surface area contributed by atoms with E-state index in [-0.39, 0.29) is 5.92 Å². The predicted octanol–water partition coefficient (Wildman–Crippen LogP) is 4.49. The Hall–Kier alpha value is -2.86. The van der Waals surface area contributed by atoms with Crippen molar-refractivity contribution >= 4 is 5.69 Å². The number of piperidine rings is 1. The Morgan fingerprint density at radius 2 is 1.57 bits per heavy atom. The topological polar surface area (TPSA) is 59.0 Å². The second-order valence-electron chi connectivity index (χ2n) is 11.2. The van der Waals surface area contributed by atoms with Crippen molar-refractivity contribution in [2.45, 2.75) is 43.1 Å². The average Bonchev–Trinajstić information content (AvgIpc) is 2.93. The number of aliphatic hydroxyl groups is 1. The van der Waals surface area contributed by atoms with Crippen LogP contribution in [0.5, 0.6) is 5.75 Å². The summed E-state index contributed by atoms with van der Waals surface area (Å²) < 4.78 is 0. The van der Waals surface area contributed by atoms with Crippen LogP contribution < -0.4 is 10.2 Å². The van der Waals surface area contributed by atoms with Crippen molar-refractivity contribution in [1.29, 1.82) is 0 Å². The number of fused-ring (bicyclic) bond motifs is 1. The first-order valence-electron chi connectivity index (χ1n) is 14.0. The lowest BCUT2D eigenvalue weighted by Crippen LogP contribution is -2.54. The van der Waals surface area contributed by atoms with Gasteiger partial charge in [0.05, 0.1) is 5.60 Å². The zero-order chi connectivity index (χ0) is 25.2. The summed E-state index contributed by atoms with van der Waals surface area (Å²) in [4.78, 5) is 4.92. The van der Waals surface area contributed by atoms with Gasteiger partial charge in [-0.2, -0.15) is 0 Å². The van der Waals surface area contributed by atoms with Gasteiger partial charge in [-0.05, 0) is 91.2 Å². The van der Waals surface area contributed by atoms with Gasteiger partial charge < -0.3 is 20.4 Å². The maximum atomic E-state index is 10.9. The Morgan fingerprint density at radius 3 is 2.30 bits per heavy atom. The molecule has 0 bridgehead atoms. The highest BCUT2D eigenvalue weighted by molar-refractivity contribution is 5.52. The van der Waals surface area contributed by atoms with E-state index in [9.17, 15) is 10.2 Å². The lowest BCUT2D eigenvalue weighted by Gasteiger charge is -2.41. The van der Waals surface area contributed by atoms with Crippen LogP contribution in [0.25, 0.3) is 0 Å². The van der Waals surface area contributed by atoms with Crippen LogP contribution in [0, 0.1) is 0 Å². The molecule has 6 rings (SSSR count). The molecule has 5 heteroatoms. The summed E-state index contributed by atoms with van der Waals surface area (Å²) in [5.41, 5.74) is 6.10. The number of piperazine rings is 1. The Kier molecular flexibility index (Phi) is 6.94. The van der Waals surface area contributed by atoms with Gasteiger partial charge in [-0.1, -0.05) is 48.5 Å². The molecule has 3 N–H and O–H groups in total. The smallest absolute Gasteiger partial charge is 0.115 e. The van der Waals surface area contributed by atoms with E-state index >= 15 is 0 Å². The minimum absolute atomic E-state index is 0.281. The van der Waals surface area contributed by atoms with Crippen molar-refractivity contribution in [1.82, 2.24) is 10.2 Å². The Balaban J connectivity index is 1.18. The van der Waals surface area contributed by atoms with Crippen molar-refractivity contribution in [3.63, 3.8) is 0 Å². The first-order chi connectivity index (χ1) is 18.1. The van der Waals surface area contributed by atoms with Crippen LogP contribution in [0.2, 0.25) is 0 Å². The molecule has 0 unspecified atom stereocenters. The summed E-state index contributed by atoms with van der Waals surface area (Å²) in [6, 6.07) is 26.1. The zero-order valence-electron chi connectivity index (χ0n) is 21.6. The molecule has 194 valence electrons. The van der Waals surface area contributed by atoms with E-state index in [1.165, 1.54) is 27.9 Å². The van der Waals surface area contributed by atoms with Gasteiger partial charge in [-0.25, -0.2) is 0 Å². The predicted molar refractivity (Wildman–Crippen MR) is 150 cm³/mol. The summed E-state index contributed by atoms with van der Waals surface area (Å²) in [5.74, 6) is 1.06. The molecular formula is C32H39N3O2. The van der Waals surface area contributed by atoms with Gasteiger partial charge in [-0.3, -0.25) is 4.90 Å². The number of aryl methyl sites for hydroxylation is 1. The Labute approximate surface area is 220 Å². The molecule has 3 aromatic carbocycles. The number of hydrogen-bond acceptors (Lipinski definition) is 5. The normalized spacial score (nSPS) is 24.0. The van der Waals surface area contributed by atoms with Crippen LogP contribution >= 0.6 is 0 Å². The van der Waals surface area contributed by atoms with Gasteiger partial charge in [0.2, 0.25) is 0 Å². The minimum atomic E-state index is -0.530. The second kappa shape index (κ2) is 10.5. The third-order valence-electron chi connectivity index (χ3n) is 8.86. The number of rotatable bonds is 5. The Morgan fingerprint density at radius 1 is 0.838 bits per heavy atom. The summed E-state index contributed by atoms with van der Waals surface area (Å²) in [6.45, 7) is 6.60. The quantitative estimate of drug-likeness (QED) is 0.485. The fourth-order valence-electron chi connectivity index (χ4n) is 6.80. The van der Waals surface area contributed by atoms with Crippen LogP contribution in [-0.4, -0.2) is 66.5 Å². The van der Waals surface area contributed by atoms with Gasteiger partial charge in [0, 0.05) is 44.3 Å². The summed E-state index contributed by atoms with van der Waals surface area (Å²) >= 11 is 0. The van der Waals surface area contributed by atoms with Crippen LogP contribution in [0.4, 0.5) is 5.69 Å². The third-order valence-corrected chi connectivity index (χ3v) is 8.86. The number of aromatic hydroxyl groups is 1. The molecule has 2 saturated heterocycles. The van der Waals surface area contributed by atoms with Crippen LogP contribution in [0.15, 0.2) is 72.8 Å². The van der Waals surface area contributed by atoms with Crippen LogP contribution in [0.1, 0.15) is 53.4 Å². The zero-order valence-corrected chi connectivity index (χ0v) is 21.6. The molecule has 2 aliphatic heterocycles. The Bertz CT molecular complexity index is 1180. The van der Waals surface area contributed by atoms with E-state index in [0.29, 0.717) is 11.7 Å². The van der Waals surface area contributed by atoms with Crippen molar-refractivity contribution < 1.29 is 10.2 Å². The molecule has 3 aromatic rings. The highest BCUT2D eigenvalue weighted by Gasteiger charge is 2.34. The lowest BCUT2D eigenvalue weighted by molar-refractivity contribution is -0.0218. The van der Waals surface area contributed by atoms with Crippen molar-refractivity contribution in [2.75, 3.05) is 50.7 Å². The van der Waals surface area contributed by atoms with Gasteiger partial charge >= 0.3 is 0 Å². The third kappa shape index (κ3) is 5.26. The molecule has 0 saturated carbocycles. The molecule has 2 atom stereocenters. The molecule has 5 nitrogen and oxygen atoms in total. The minimum Gasteiger partial charge on any atom is -0.508 e. The van der Waals surface area contributed by atoms with Gasteiger partial charge in [-0.15, -0.1) is 0 Å². The van der Waals surface area contributed by atoms with Crippen molar-refractivity contribution in [3.05, 3.63) is 95.1 Å². The number of β-amino-alcohol motifs (C(OH)–C–C–N with tert-alkyl or cyclic N) is 1. The summed E-state index contributed by atoms with van der Waals surface area (Å²) in [7, 11) is 0. The molecule has 37 heavy (non-hydrogen) atoms. The summed E-state index contributed by atoms with van der Waals surface area (Å²) in [6.07, 6.45) is 3.77. The summed E-state index contributed by atoms with van der Waals surface area (Å²) in [5, 5.41) is 24.4. The van der Waals surface area contributed by atoms with E-state index in [1.54, 1.807) is 0 Å². The number of phenolic OH excluding ortho intramolecular Hbond substituents is 1. The van der Waals surface area contributed by atoms with E-state index in [2.05, 4.69) is 75.8 Å². The highest BCUT2D eigenvalue weighted by Crippen LogP contribution is 2.47. The van der Waals surface area contributed by atoms with E-state index < -0.39 is 5.60 Å². The molecule has 0 amide bonds. The van der Waals surface area contributed by atoms with Crippen LogP contribution in [-0.2, 0) is 6.42 Å². The molecule has 0 radical (unpaired) electrons. The fourth-order valence-corrected chi connectivity index (χ4v) is 6.80. The molecular weight excluding hydrogens is 458 g/mol. The number of anilines is 1. The van der Waals surface area contributed by atoms with E-state index in [4.69, 9.17) is 0 Å².